The highest BCUT2D eigenvalue weighted by molar-refractivity contribution is 6.05. The number of nitrogens with one attached hydrogen (secondary N) is 2. The Kier molecular flexibility index (Phi) is 2.16. The van der Waals surface area contributed by atoms with Gasteiger partial charge >= 0.3 is 6.03 Å². The molecule has 1 heterocycles. The second-order valence-electron chi connectivity index (χ2n) is 2.86. The van der Waals surface area contributed by atoms with Crippen molar-refractivity contribution >= 4 is 17.6 Å². The molecule has 5 nitrogen and oxygen atoms in total. The zero-order chi connectivity index (χ0) is 9.97. The normalized spacial score (nSPS) is 16.7. The van der Waals surface area contributed by atoms with Crippen LogP contribution in [0.1, 0.15) is 0 Å². The highest BCUT2D eigenvalue weighted by Crippen LogP contribution is 2.11. The third kappa shape index (κ3) is 1.57. The molecule has 0 atom stereocenters. The van der Waals surface area contributed by atoms with Gasteiger partial charge in [-0.25, -0.2) is 15.2 Å². The van der Waals surface area contributed by atoms with Crippen LogP contribution < -0.4 is 15.8 Å². The number of amides is 3. The molecule has 0 aliphatic carbocycles. The average Bonchev–Trinajstić information content (AvgIpc) is 2.19. The average molecular weight is 191 g/mol. The largest absolute Gasteiger partial charge is 0.343 e. The zero-order valence-electron chi connectivity index (χ0n) is 7.36. The Bertz CT molecular complexity index is 364. The first kappa shape index (κ1) is 8.71. The minimum absolute atomic E-state index is 0.112. The highest BCUT2D eigenvalue weighted by atomic mass is 16.2. The Hall–Kier alpha value is -1.88. The molecule has 0 spiro atoms. The van der Waals surface area contributed by atoms with E-state index < -0.39 is 6.03 Å². The van der Waals surface area contributed by atoms with Crippen LogP contribution in [0.15, 0.2) is 30.3 Å². The fraction of sp³-hybridized carbons (Fsp3) is 0.111. The van der Waals surface area contributed by atoms with Gasteiger partial charge in [-0.3, -0.25) is 10.1 Å². The molecule has 0 aromatic heterocycles. The predicted molar refractivity (Wildman–Crippen MR) is 50.5 cm³/mol. The molecular formula is C9H9N3O2. The molecule has 0 unspecified atom stereocenters. The Morgan fingerprint density at radius 2 is 1.86 bits per heavy atom. The van der Waals surface area contributed by atoms with E-state index in [1.165, 1.54) is 5.01 Å². The molecular weight excluding hydrogens is 182 g/mol. The second-order valence-corrected chi connectivity index (χ2v) is 2.86. The van der Waals surface area contributed by atoms with Gasteiger partial charge in [0.2, 0.25) is 5.91 Å². The molecule has 1 saturated heterocycles. The lowest BCUT2D eigenvalue weighted by molar-refractivity contribution is -0.119. The molecule has 2 N–H and O–H groups in total. The molecule has 1 aliphatic heterocycles. The van der Waals surface area contributed by atoms with E-state index in [4.69, 9.17) is 0 Å². The number of para-hydroxylation sites is 1. The summed E-state index contributed by atoms with van der Waals surface area (Å²) in [7, 11) is 0. The van der Waals surface area contributed by atoms with Crippen LogP contribution in [0, 0.1) is 0 Å². The first-order valence-electron chi connectivity index (χ1n) is 4.20. The molecule has 5 heteroatoms. The van der Waals surface area contributed by atoms with Gasteiger partial charge in [-0.1, -0.05) is 18.2 Å². The van der Waals surface area contributed by atoms with Gasteiger partial charge in [0, 0.05) is 0 Å². The quantitative estimate of drug-likeness (QED) is 0.668. The van der Waals surface area contributed by atoms with Crippen LogP contribution >= 0.6 is 0 Å². The molecule has 1 fully saturated rings. The summed E-state index contributed by atoms with van der Waals surface area (Å²) in [5.41, 5.74) is 3.41. The van der Waals surface area contributed by atoms with E-state index in [0.717, 1.165) is 0 Å². The molecule has 72 valence electrons. The van der Waals surface area contributed by atoms with Gasteiger partial charge in [-0.05, 0) is 12.1 Å². The molecule has 1 aromatic rings. The lowest BCUT2D eigenvalue weighted by atomic mass is 10.3. The van der Waals surface area contributed by atoms with Crippen molar-refractivity contribution in [2.75, 3.05) is 11.6 Å². The summed E-state index contributed by atoms with van der Waals surface area (Å²) in [5.74, 6) is -0.317. The van der Waals surface area contributed by atoms with Crippen LogP contribution in [-0.2, 0) is 4.79 Å². The van der Waals surface area contributed by atoms with E-state index in [9.17, 15) is 9.59 Å². The van der Waals surface area contributed by atoms with Crippen molar-refractivity contribution < 1.29 is 9.59 Å². The van der Waals surface area contributed by atoms with E-state index in [2.05, 4.69) is 10.7 Å². The van der Waals surface area contributed by atoms with Crippen LogP contribution in [0.2, 0.25) is 0 Å². The summed E-state index contributed by atoms with van der Waals surface area (Å²) in [5, 5.41) is 3.52. The van der Waals surface area contributed by atoms with Crippen molar-refractivity contribution in [3.63, 3.8) is 0 Å². The molecule has 0 bridgehead atoms. The third-order valence-electron chi connectivity index (χ3n) is 1.86. The first-order chi connectivity index (χ1) is 6.77. The van der Waals surface area contributed by atoms with Crippen molar-refractivity contribution in [1.82, 2.24) is 10.7 Å². The SMILES string of the molecule is O=C1CNN(c2ccccc2)C(=O)N1. The molecule has 14 heavy (non-hydrogen) atoms. The van der Waals surface area contributed by atoms with Crippen molar-refractivity contribution in [3.05, 3.63) is 30.3 Å². The van der Waals surface area contributed by atoms with Gasteiger partial charge in [0.05, 0.1) is 12.2 Å². The summed E-state index contributed by atoms with van der Waals surface area (Å²) in [4.78, 5) is 22.2. The van der Waals surface area contributed by atoms with E-state index in [-0.39, 0.29) is 12.5 Å². The monoisotopic (exact) mass is 191 g/mol. The number of urea groups is 1. The van der Waals surface area contributed by atoms with Crippen LogP contribution in [0.3, 0.4) is 0 Å². The third-order valence-corrected chi connectivity index (χ3v) is 1.86. The topological polar surface area (TPSA) is 61.4 Å². The molecule has 0 saturated carbocycles. The zero-order valence-corrected chi connectivity index (χ0v) is 7.36. The Balaban J connectivity index is 2.20. The molecule has 1 aliphatic rings. The molecule has 1 aromatic carbocycles. The number of hydrogen-bond acceptors (Lipinski definition) is 3. The minimum atomic E-state index is -0.451. The number of carbonyl (C=O) groups is 2. The Labute approximate surface area is 80.7 Å². The van der Waals surface area contributed by atoms with Crippen LogP contribution in [0.4, 0.5) is 10.5 Å². The van der Waals surface area contributed by atoms with Gasteiger partial charge in [-0.15, -0.1) is 0 Å². The maximum Gasteiger partial charge on any atom is 0.343 e. The maximum absolute atomic E-state index is 11.3. The standard InChI is InChI=1S/C9H9N3O2/c13-8-6-10-12(9(14)11-8)7-4-2-1-3-5-7/h1-5,10H,6H2,(H,11,13,14). The highest BCUT2D eigenvalue weighted by Gasteiger charge is 2.23. The minimum Gasteiger partial charge on any atom is -0.275 e. The summed E-state index contributed by atoms with van der Waals surface area (Å²) < 4.78 is 0. The van der Waals surface area contributed by atoms with Crippen molar-refractivity contribution in [2.45, 2.75) is 0 Å². The Morgan fingerprint density at radius 1 is 1.14 bits per heavy atom. The summed E-state index contributed by atoms with van der Waals surface area (Å²) >= 11 is 0. The fourth-order valence-corrected chi connectivity index (χ4v) is 1.23. The van der Waals surface area contributed by atoms with Gasteiger partial charge in [0.1, 0.15) is 0 Å². The van der Waals surface area contributed by atoms with E-state index in [1.54, 1.807) is 12.1 Å². The molecule has 2 rings (SSSR count). The number of rotatable bonds is 1. The number of carbonyl (C=O) groups excluding carboxylic acids is 2. The number of hydrazine groups is 1. The number of hydrogen-bond donors (Lipinski definition) is 2. The molecule has 0 radical (unpaired) electrons. The number of anilines is 1. The summed E-state index contributed by atoms with van der Waals surface area (Å²) in [6, 6.07) is 8.61. The van der Waals surface area contributed by atoms with E-state index >= 15 is 0 Å². The van der Waals surface area contributed by atoms with Crippen LogP contribution in [0.5, 0.6) is 0 Å². The summed E-state index contributed by atoms with van der Waals surface area (Å²) in [6.07, 6.45) is 0. The summed E-state index contributed by atoms with van der Waals surface area (Å²) in [6.45, 7) is 0.112. The molecule has 3 amide bonds. The maximum atomic E-state index is 11.3. The van der Waals surface area contributed by atoms with Crippen molar-refractivity contribution in [2.24, 2.45) is 0 Å². The number of imide groups is 1. The lowest BCUT2D eigenvalue weighted by Gasteiger charge is -2.26. The number of nitrogens with zero attached hydrogens (tertiary/aromatic N) is 1. The lowest BCUT2D eigenvalue weighted by Crippen LogP contribution is -2.59. The van der Waals surface area contributed by atoms with Gasteiger partial charge in [-0.2, -0.15) is 0 Å². The number of benzene rings is 1. The fourth-order valence-electron chi connectivity index (χ4n) is 1.23. The van der Waals surface area contributed by atoms with Gasteiger partial charge < -0.3 is 0 Å². The van der Waals surface area contributed by atoms with Crippen molar-refractivity contribution in [1.29, 1.82) is 0 Å². The Morgan fingerprint density at radius 3 is 2.50 bits per heavy atom. The smallest absolute Gasteiger partial charge is 0.275 e. The van der Waals surface area contributed by atoms with E-state index in [1.807, 2.05) is 18.2 Å². The van der Waals surface area contributed by atoms with Crippen molar-refractivity contribution in [3.8, 4) is 0 Å². The first-order valence-corrected chi connectivity index (χ1v) is 4.20. The second kappa shape index (κ2) is 3.47. The predicted octanol–water partition coefficient (Wildman–Crippen LogP) is 0.247. The van der Waals surface area contributed by atoms with Gasteiger partial charge in [0.25, 0.3) is 0 Å². The van der Waals surface area contributed by atoms with E-state index in [0.29, 0.717) is 5.69 Å². The van der Waals surface area contributed by atoms with Crippen LogP contribution in [-0.4, -0.2) is 18.5 Å². The van der Waals surface area contributed by atoms with Gasteiger partial charge in [0.15, 0.2) is 0 Å². The van der Waals surface area contributed by atoms with Crippen LogP contribution in [0.25, 0.3) is 0 Å².